The highest BCUT2D eigenvalue weighted by atomic mass is 16.2. The van der Waals surface area contributed by atoms with E-state index >= 15 is 0 Å². The first-order valence-electron chi connectivity index (χ1n) is 5.69. The Morgan fingerprint density at radius 1 is 0.611 bits per heavy atom. The van der Waals surface area contributed by atoms with Gasteiger partial charge in [-0.2, -0.15) is 0 Å². The molecule has 100 valence electrons. The molecule has 0 aromatic rings. The molecule has 0 spiro atoms. The smallest absolute Gasteiger partial charge is 0.309 e. The monoisotopic (exact) mass is 256 g/mol. The highest BCUT2D eigenvalue weighted by molar-refractivity contribution is 6.35. The fraction of sp³-hybridized carbons (Fsp3) is 0.600. The van der Waals surface area contributed by atoms with E-state index in [0.29, 0.717) is 19.5 Å². The first kappa shape index (κ1) is 13.9. The fourth-order valence-electron chi connectivity index (χ4n) is 1.33. The van der Waals surface area contributed by atoms with Crippen LogP contribution in [0.4, 0.5) is 0 Å². The predicted octanol–water partition coefficient (Wildman–Crippen LogP) is -2.75. The molecule has 4 N–H and O–H groups in total. The van der Waals surface area contributed by atoms with Crippen LogP contribution in [0.5, 0.6) is 0 Å². The van der Waals surface area contributed by atoms with Gasteiger partial charge in [-0.1, -0.05) is 0 Å². The molecule has 1 aliphatic rings. The number of hydrogen-bond donors (Lipinski definition) is 4. The minimum absolute atomic E-state index is 0.139. The van der Waals surface area contributed by atoms with Crippen LogP contribution in [0.1, 0.15) is 12.8 Å². The molecule has 0 radical (unpaired) electrons. The molecular formula is C10H16N4O4. The summed E-state index contributed by atoms with van der Waals surface area (Å²) in [4.78, 5) is 44.9. The summed E-state index contributed by atoms with van der Waals surface area (Å²) in [6, 6.07) is 0. The fourth-order valence-corrected chi connectivity index (χ4v) is 1.33. The van der Waals surface area contributed by atoms with Gasteiger partial charge in [0.15, 0.2) is 0 Å². The van der Waals surface area contributed by atoms with Crippen LogP contribution in [0.25, 0.3) is 0 Å². The second kappa shape index (κ2) is 7.25. The summed E-state index contributed by atoms with van der Waals surface area (Å²) in [7, 11) is 0. The Bertz CT molecular complexity index is 356. The molecule has 1 rings (SSSR count). The molecule has 0 aromatic carbocycles. The minimum Gasteiger partial charge on any atom is -0.356 e. The number of rotatable bonds is 0. The van der Waals surface area contributed by atoms with E-state index in [1.54, 1.807) is 0 Å². The van der Waals surface area contributed by atoms with Gasteiger partial charge in [-0.05, 0) is 6.42 Å². The summed E-state index contributed by atoms with van der Waals surface area (Å²) in [6.45, 7) is 0.942. The molecule has 8 nitrogen and oxygen atoms in total. The third-order valence-corrected chi connectivity index (χ3v) is 2.22. The van der Waals surface area contributed by atoms with Gasteiger partial charge in [0.05, 0.1) is 0 Å². The van der Waals surface area contributed by atoms with E-state index in [4.69, 9.17) is 0 Å². The van der Waals surface area contributed by atoms with Crippen LogP contribution in [-0.2, 0) is 19.2 Å². The van der Waals surface area contributed by atoms with Crippen molar-refractivity contribution >= 4 is 23.6 Å². The van der Waals surface area contributed by atoms with Crippen molar-refractivity contribution in [3.05, 3.63) is 0 Å². The van der Waals surface area contributed by atoms with E-state index in [-0.39, 0.29) is 25.4 Å². The zero-order valence-corrected chi connectivity index (χ0v) is 9.88. The predicted molar refractivity (Wildman–Crippen MR) is 61.3 cm³/mol. The number of amides is 4. The normalized spacial score (nSPS) is 20.0. The molecule has 4 amide bonds. The summed E-state index contributed by atoms with van der Waals surface area (Å²) in [6.07, 6.45) is 0.257. The molecular weight excluding hydrogens is 240 g/mol. The van der Waals surface area contributed by atoms with E-state index in [1.807, 2.05) is 0 Å². The zero-order valence-electron chi connectivity index (χ0n) is 9.88. The molecule has 1 heterocycles. The van der Waals surface area contributed by atoms with Crippen molar-refractivity contribution in [3.8, 4) is 0 Å². The van der Waals surface area contributed by atoms with Gasteiger partial charge < -0.3 is 21.3 Å². The van der Waals surface area contributed by atoms with Gasteiger partial charge >= 0.3 is 11.8 Å². The summed E-state index contributed by atoms with van der Waals surface area (Å²) >= 11 is 0. The van der Waals surface area contributed by atoms with Crippen molar-refractivity contribution in [1.29, 1.82) is 0 Å². The van der Waals surface area contributed by atoms with Crippen molar-refractivity contribution < 1.29 is 19.2 Å². The summed E-state index contributed by atoms with van der Waals surface area (Å²) in [5, 5.41) is 9.77. The molecule has 1 saturated heterocycles. The van der Waals surface area contributed by atoms with Crippen molar-refractivity contribution in [2.75, 3.05) is 26.2 Å². The van der Waals surface area contributed by atoms with E-state index < -0.39 is 17.7 Å². The van der Waals surface area contributed by atoms with Gasteiger partial charge in [-0.25, -0.2) is 0 Å². The molecule has 0 bridgehead atoms. The Balaban J connectivity index is 2.47. The maximum absolute atomic E-state index is 11.3. The first-order chi connectivity index (χ1) is 8.59. The van der Waals surface area contributed by atoms with Crippen LogP contribution in [0.2, 0.25) is 0 Å². The van der Waals surface area contributed by atoms with Gasteiger partial charge in [0.2, 0.25) is 11.8 Å². The third-order valence-electron chi connectivity index (χ3n) is 2.22. The Labute approximate surface area is 104 Å². The van der Waals surface area contributed by atoms with Crippen LogP contribution in [0.15, 0.2) is 0 Å². The van der Waals surface area contributed by atoms with Crippen LogP contribution in [-0.4, -0.2) is 49.8 Å². The molecule has 8 heteroatoms. The van der Waals surface area contributed by atoms with Gasteiger partial charge in [0, 0.05) is 26.2 Å². The molecule has 0 aromatic heterocycles. The van der Waals surface area contributed by atoms with Crippen LogP contribution < -0.4 is 21.3 Å². The Kier molecular flexibility index (Phi) is 5.62. The van der Waals surface area contributed by atoms with Crippen LogP contribution >= 0.6 is 0 Å². The zero-order chi connectivity index (χ0) is 13.4. The average molecular weight is 256 g/mol. The third kappa shape index (κ3) is 5.28. The van der Waals surface area contributed by atoms with E-state index in [2.05, 4.69) is 21.3 Å². The molecule has 0 atom stereocenters. The van der Waals surface area contributed by atoms with E-state index in [1.165, 1.54) is 0 Å². The lowest BCUT2D eigenvalue weighted by Gasteiger charge is -2.10. The molecule has 0 unspecified atom stereocenters. The molecule has 18 heavy (non-hydrogen) atoms. The van der Waals surface area contributed by atoms with Gasteiger partial charge in [-0.15, -0.1) is 0 Å². The van der Waals surface area contributed by atoms with Gasteiger partial charge in [-0.3, -0.25) is 19.2 Å². The highest BCUT2D eigenvalue weighted by Gasteiger charge is 2.13. The maximum atomic E-state index is 11.3. The standard InChI is InChI=1S/C10H16N4O4/c15-7-6-8(16)12-4-5-14-10(18)9(17)13-3-1-2-11-7/h1-6H2,(H,11,15)(H,12,16)(H,13,17)(H,14,18). The topological polar surface area (TPSA) is 116 Å². The second-order valence-corrected chi connectivity index (χ2v) is 3.74. The van der Waals surface area contributed by atoms with Crippen molar-refractivity contribution in [2.45, 2.75) is 12.8 Å². The van der Waals surface area contributed by atoms with Crippen molar-refractivity contribution in [3.63, 3.8) is 0 Å². The average Bonchev–Trinajstić information content (AvgIpc) is 2.32. The van der Waals surface area contributed by atoms with E-state index in [0.717, 1.165) is 0 Å². The second-order valence-electron chi connectivity index (χ2n) is 3.74. The van der Waals surface area contributed by atoms with Gasteiger partial charge in [0.1, 0.15) is 6.42 Å². The number of carbonyl (C=O) groups is 4. The minimum atomic E-state index is -0.731. The molecule has 1 aliphatic heterocycles. The summed E-state index contributed by atoms with van der Waals surface area (Å²) in [5.74, 6) is -2.22. The largest absolute Gasteiger partial charge is 0.356 e. The lowest BCUT2D eigenvalue weighted by atomic mass is 10.3. The van der Waals surface area contributed by atoms with Gasteiger partial charge in [0.25, 0.3) is 0 Å². The Morgan fingerprint density at radius 3 is 1.72 bits per heavy atom. The maximum Gasteiger partial charge on any atom is 0.309 e. The van der Waals surface area contributed by atoms with Crippen molar-refractivity contribution in [1.82, 2.24) is 21.3 Å². The number of hydrogen-bond acceptors (Lipinski definition) is 4. The Morgan fingerprint density at radius 2 is 1.06 bits per heavy atom. The Hall–Kier alpha value is -2.12. The number of nitrogens with one attached hydrogen (secondary N) is 4. The lowest BCUT2D eigenvalue weighted by Crippen LogP contribution is -2.44. The SMILES string of the molecule is O=C1CC(=O)NCCNC(=O)C(=O)NCCCN1. The van der Waals surface area contributed by atoms with E-state index in [9.17, 15) is 19.2 Å². The molecule has 0 saturated carbocycles. The number of carbonyl (C=O) groups excluding carboxylic acids is 4. The molecule has 1 fully saturated rings. The quantitative estimate of drug-likeness (QED) is 0.277. The van der Waals surface area contributed by atoms with Crippen molar-refractivity contribution in [2.24, 2.45) is 0 Å². The first-order valence-corrected chi connectivity index (χ1v) is 5.69. The highest BCUT2D eigenvalue weighted by Crippen LogP contribution is 1.83. The summed E-state index contributed by atoms with van der Waals surface area (Å²) in [5.41, 5.74) is 0. The lowest BCUT2D eigenvalue weighted by molar-refractivity contribution is -0.139. The summed E-state index contributed by atoms with van der Waals surface area (Å²) < 4.78 is 0. The van der Waals surface area contributed by atoms with Crippen LogP contribution in [0.3, 0.4) is 0 Å². The molecule has 0 aliphatic carbocycles. The van der Waals surface area contributed by atoms with Crippen LogP contribution in [0, 0.1) is 0 Å².